The van der Waals surface area contributed by atoms with Gasteiger partial charge in [-0.15, -0.1) is 0 Å². The highest BCUT2D eigenvalue weighted by Gasteiger charge is 2.06. The van der Waals surface area contributed by atoms with Gasteiger partial charge >= 0.3 is 0 Å². The van der Waals surface area contributed by atoms with Crippen molar-refractivity contribution in [3.8, 4) is 0 Å². The highest BCUT2D eigenvalue weighted by molar-refractivity contribution is 6.34. The molecule has 0 fully saturated rings. The summed E-state index contributed by atoms with van der Waals surface area (Å²) >= 11 is 5.81. The highest BCUT2D eigenvalue weighted by atomic mass is 35.5. The summed E-state index contributed by atoms with van der Waals surface area (Å²) in [5.41, 5.74) is 1.20. The third-order valence-corrected chi connectivity index (χ3v) is 1.87. The van der Waals surface area contributed by atoms with E-state index in [0.29, 0.717) is 21.9 Å². The molecule has 62 valence electrons. The molecule has 2 heterocycles. The lowest BCUT2D eigenvalue weighted by Crippen LogP contribution is -1.73. The van der Waals surface area contributed by atoms with Crippen molar-refractivity contribution in [2.45, 2.75) is 6.61 Å². The molecule has 4 heteroatoms. The predicted molar refractivity (Wildman–Crippen MR) is 44.9 cm³/mol. The smallest absolute Gasteiger partial charge is 0.171 e. The number of rotatable bonds is 1. The van der Waals surface area contributed by atoms with Crippen LogP contribution in [0.1, 0.15) is 5.76 Å². The van der Waals surface area contributed by atoms with Gasteiger partial charge in [-0.05, 0) is 6.07 Å². The van der Waals surface area contributed by atoms with Gasteiger partial charge in [0.1, 0.15) is 17.9 Å². The Morgan fingerprint density at radius 2 is 2.42 bits per heavy atom. The van der Waals surface area contributed by atoms with E-state index in [2.05, 4.69) is 4.98 Å². The Morgan fingerprint density at radius 1 is 1.58 bits per heavy atom. The van der Waals surface area contributed by atoms with Gasteiger partial charge in [0, 0.05) is 12.3 Å². The average molecular weight is 184 g/mol. The maximum Gasteiger partial charge on any atom is 0.171 e. The number of fused-ring (bicyclic) bond motifs is 1. The Hall–Kier alpha value is -1.06. The van der Waals surface area contributed by atoms with E-state index < -0.39 is 0 Å². The summed E-state index contributed by atoms with van der Waals surface area (Å²) in [5.74, 6) is 0.477. The molecule has 3 nitrogen and oxygen atoms in total. The van der Waals surface area contributed by atoms with E-state index in [1.54, 1.807) is 18.3 Å². The summed E-state index contributed by atoms with van der Waals surface area (Å²) in [6.45, 7) is -0.132. The Labute approximate surface area is 73.6 Å². The molecular weight excluding hydrogens is 178 g/mol. The standard InChI is InChI=1S/C8H6ClNO2/c9-6-1-2-10-7-3-5(4-11)12-8(6)7/h1-3,11H,4H2. The van der Waals surface area contributed by atoms with Crippen LogP contribution in [0.5, 0.6) is 0 Å². The minimum Gasteiger partial charge on any atom is -0.455 e. The van der Waals surface area contributed by atoms with Crippen molar-refractivity contribution < 1.29 is 9.52 Å². The number of hydrogen-bond acceptors (Lipinski definition) is 3. The van der Waals surface area contributed by atoms with E-state index in [0.717, 1.165) is 0 Å². The minimum absolute atomic E-state index is 0.132. The van der Waals surface area contributed by atoms with Gasteiger partial charge in [-0.3, -0.25) is 4.98 Å². The Balaban J connectivity index is 2.74. The van der Waals surface area contributed by atoms with Crippen molar-refractivity contribution in [1.29, 1.82) is 0 Å². The van der Waals surface area contributed by atoms with Crippen LogP contribution in [-0.4, -0.2) is 10.1 Å². The Kier molecular flexibility index (Phi) is 1.75. The number of aromatic nitrogens is 1. The zero-order chi connectivity index (χ0) is 8.55. The van der Waals surface area contributed by atoms with Gasteiger partial charge in [0.15, 0.2) is 5.58 Å². The molecule has 0 bridgehead atoms. The number of nitrogens with zero attached hydrogens (tertiary/aromatic N) is 1. The maximum absolute atomic E-state index is 8.76. The van der Waals surface area contributed by atoms with Crippen LogP contribution in [0.15, 0.2) is 22.7 Å². The molecule has 2 aromatic heterocycles. The first-order valence-corrected chi connectivity index (χ1v) is 3.83. The number of aliphatic hydroxyl groups excluding tert-OH is 1. The molecule has 0 aliphatic carbocycles. The molecule has 0 aromatic carbocycles. The fraction of sp³-hybridized carbons (Fsp3) is 0.125. The molecule has 2 aromatic rings. The van der Waals surface area contributed by atoms with Gasteiger partial charge in [-0.25, -0.2) is 0 Å². The molecule has 1 N–H and O–H groups in total. The van der Waals surface area contributed by atoms with Crippen molar-refractivity contribution in [3.63, 3.8) is 0 Å². The van der Waals surface area contributed by atoms with Crippen LogP contribution in [-0.2, 0) is 6.61 Å². The highest BCUT2D eigenvalue weighted by Crippen LogP contribution is 2.24. The first-order valence-electron chi connectivity index (χ1n) is 3.45. The molecule has 2 rings (SSSR count). The van der Waals surface area contributed by atoms with Gasteiger partial charge in [-0.1, -0.05) is 11.6 Å². The molecule has 0 amide bonds. The summed E-state index contributed by atoms with van der Waals surface area (Å²) < 4.78 is 5.20. The lowest BCUT2D eigenvalue weighted by molar-refractivity contribution is 0.251. The fourth-order valence-electron chi connectivity index (χ4n) is 1.03. The van der Waals surface area contributed by atoms with Crippen LogP contribution >= 0.6 is 11.6 Å². The van der Waals surface area contributed by atoms with Gasteiger partial charge in [-0.2, -0.15) is 0 Å². The third-order valence-electron chi connectivity index (χ3n) is 1.57. The summed E-state index contributed by atoms with van der Waals surface area (Å²) in [4.78, 5) is 4.02. The number of furan rings is 1. The van der Waals surface area contributed by atoms with E-state index in [-0.39, 0.29) is 6.61 Å². The van der Waals surface area contributed by atoms with Crippen LogP contribution in [0.4, 0.5) is 0 Å². The second kappa shape index (κ2) is 2.77. The molecule has 0 aliphatic heterocycles. The van der Waals surface area contributed by atoms with Crippen molar-refractivity contribution in [3.05, 3.63) is 29.1 Å². The molecule has 0 saturated heterocycles. The van der Waals surface area contributed by atoms with Gasteiger partial charge in [0.25, 0.3) is 0 Å². The molecular formula is C8H6ClNO2. The lowest BCUT2D eigenvalue weighted by atomic mass is 10.4. The second-order valence-corrected chi connectivity index (χ2v) is 2.79. The minimum atomic E-state index is -0.132. The SMILES string of the molecule is OCc1cc2nccc(Cl)c2o1. The average Bonchev–Trinajstić information content (AvgIpc) is 2.49. The fourth-order valence-corrected chi connectivity index (χ4v) is 1.23. The van der Waals surface area contributed by atoms with Crippen LogP contribution < -0.4 is 0 Å². The molecule has 0 radical (unpaired) electrons. The first-order chi connectivity index (χ1) is 5.81. The Morgan fingerprint density at radius 3 is 3.08 bits per heavy atom. The van der Waals surface area contributed by atoms with Crippen molar-refractivity contribution >= 4 is 22.7 Å². The number of halogens is 1. The van der Waals surface area contributed by atoms with Crippen molar-refractivity contribution in [1.82, 2.24) is 4.98 Å². The summed E-state index contributed by atoms with van der Waals surface area (Å²) in [7, 11) is 0. The zero-order valence-electron chi connectivity index (χ0n) is 6.12. The maximum atomic E-state index is 8.76. The quantitative estimate of drug-likeness (QED) is 0.735. The van der Waals surface area contributed by atoms with Gasteiger partial charge in [0.2, 0.25) is 0 Å². The summed E-state index contributed by atoms with van der Waals surface area (Å²) in [5, 5.41) is 9.28. The van der Waals surface area contributed by atoms with Gasteiger partial charge < -0.3 is 9.52 Å². The van der Waals surface area contributed by atoms with Crippen LogP contribution in [0.3, 0.4) is 0 Å². The van der Waals surface area contributed by atoms with Crippen molar-refractivity contribution in [2.75, 3.05) is 0 Å². The summed E-state index contributed by atoms with van der Waals surface area (Å²) in [6.07, 6.45) is 1.60. The second-order valence-electron chi connectivity index (χ2n) is 2.38. The third kappa shape index (κ3) is 1.07. The normalized spacial score (nSPS) is 10.8. The van der Waals surface area contributed by atoms with Crippen LogP contribution in [0.25, 0.3) is 11.1 Å². The predicted octanol–water partition coefficient (Wildman–Crippen LogP) is 1.97. The van der Waals surface area contributed by atoms with Crippen LogP contribution in [0.2, 0.25) is 5.02 Å². The van der Waals surface area contributed by atoms with Crippen molar-refractivity contribution in [2.24, 2.45) is 0 Å². The van der Waals surface area contributed by atoms with E-state index in [1.165, 1.54) is 0 Å². The van der Waals surface area contributed by atoms with E-state index >= 15 is 0 Å². The number of aliphatic hydroxyl groups is 1. The molecule has 0 aliphatic rings. The molecule has 12 heavy (non-hydrogen) atoms. The molecule has 0 unspecified atom stereocenters. The first kappa shape index (κ1) is 7.58. The van der Waals surface area contributed by atoms with Crippen LogP contribution in [0, 0.1) is 0 Å². The largest absolute Gasteiger partial charge is 0.455 e. The molecule has 0 saturated carbocycles. The molecule has 0 spiro atoms. The zero-order valence-corrected chi connectivity index (χ0v) is 6.88. The monoisotopic (exact) mass is 183 g/mol. The van der Waals surface area contributed by atoms with E-state index in [1.807, 2.05) is 0 Å². The topological polar surface area (TPSA) is 46.3 Å². The van der Waals surface area contributed by atoms with Gasteiger partial charge in [0.05, 0.1) is 5.02 Å². The molecule has 0 atom stereocenters. The lowest BCUT2D eigenvalue weighted by Gasteiger charge is -1.88. The number of pyridine rings is 1. The van der Waals surface area contributed by atoms with E-state index in [4.69, 9.17) is 21.1 Å². The van der Waals surface area contributed by atoms with E-state index in [9.17, 15) is 0 Å². The summed E-state index contributed by atoms with van der Waals surface area (Å²) in [6, 6.07) is 3.32. The Bertz CT molecular complexity index is 410. The number of hydrogen-bond donors (Lipinski definition) is 1.